The lowest BCUT2D eigenvalue weighted by Gasteiger charge is -2.01. The molecule has 2 heterocycles. The Morgan fingerprint density at radius 3 is 2.50 bits per heavy atom. The van der Waals surface area contributed by atoms with Crippen molar-refractivity contribution in [1.29, 1.82) is 0 Å². The van der Waals surface area contributed by atoms with Crippen molar-refractivity contribution in [3.05, 3.63) is 83.2 Å². The Labute approximate surface area is 156 Å². The molecule has 0 aliphatic rings. The van der Waals surface area contributed by atoms with Gasteiger partial charge in [0.2, 0.25) is 0 Å². The van der Waals surface area contributed by atoms with Gasteiger partial charge in [0.1, 0.15) is 10.8 Å². The number of nitrogens with zero attached hydrogens (tertiary/aromatic N) is 3. The highest BCUT2D eigenvalue weighted by Gasteiger charge is 2.03. The fourth-order valence-corrected chi connectivity index (χ4v) is 3.31. The molecule has 128 valence electrons. The van der Waals surface area contributed by atoms with Gasteiger partial charge in [0, 0.05) is 29.0 Å². The summed E-state index contributed by atoms with van der Waals surface area (Å²) < 4.78 is 7.18. The first-order chi connectivity index (χ1) is 12.8. The summed E-state index contributed by atoms with van der Waals surface area (Å²) >= 11 is 1.63. The van der Waals surface area contributed by atoms with E-state index in [0.29, 0.717) is 0 Å². The SMILES string of the molecule is COc1ccc(-c2csc(C=Cc3ccc(-n4ccnc4)cc3)n2)cc1. The molecule has 0 spiro atoms. The average molecular weight is 359 g/mol. The predicted octanol–water partition coefficient (Wildman–Crippen LogP) is 5.17. The van der Waals surface area contributed by atoms with Gasteiger partial charge in [0.05, 0.1) is 19.1 Å². The summed E-state index contributed by atoms with van der Waals surface area (Å²) in [5.74, 6) is 0.850. The molecule has 4 rings (SSSR count). The lowest BCUT2D eigenvalue weighted by Crippen LogP contribution is -1.88. The number of imidazole rings is 1. The summed E-state index contributed by atoms with van der Waals surface area (Å²) in [6.07, 6.45) is 9.62. The molecule has 0 radical (unpaired) electrons. The zero-order chi connectivity index (χ0) is 17.8. The Bertz CT molecular complexity index is 1000. The molecule has 2 aromatic heterocycles. The first-order valence-electron chi connectivity index (χ1n) is 8.18. The second kappa shape index (κ2) is 7.37. The zero-order valence-corrected chi connectivity index (χ0v) is 15.1. The minimum absolute atomic E-state index is 0.850. The molecular weight excluding hydrogens is 342 g/mol. The highest BCUT2D eigenvalue weighted by atomic mass is 32.1. The maximum atomic E-state index is 5.20. The van der Waals surface area contributed by atoms with Crippen molar-refractivity contribution in [3.8, 4) is 22.7 Å². The largest absolute Gasteiger partial charge is 0.497 e. The molecule has 0 atom stereocenters. The molecule has 2 aromatic carbocycles. The van der Waals surface area contributed by atoms with Crippen LogP contribution in [0, 0.1) is 0 Å². The van der Waals surface area contributed by atoms with E-state index in [1.165, 1.54) is 0 Å². The van der Waals surface area contributed by atoms with Gasteiger partial charge in [-0.2, -0.15) is 0 Å². The van der Waals surface area contributed by atoms with Crippen molar-refractivity contribution < 1.29 is 4.74 Å². The molecule has 0 aliphatic carbocycles. The van der Waals surface area contributed by atoms with E-state index in [4.69, 9.17) is 4.74 Å². The van der Waals surface area contributed by atoms with Gasteiger partial charge in [-0.25, -0.2) is 9.97 Å². The smallest absolute Gasteiger partial charge is 0.118 e. The van der Waals surface area contributed by atoms with Crippen LogP contribution in [0.25, 0.3) is 29.1 Å². The standard InChI is InChI=1S/C21H17N3OS/c1-25-19-9-5-17(6-10-19)20-14-26-21(23-20)11-4-16-2-7-18(8-3-16)24-13-12-22-15-24/h2-15H,1H3. The number of thiazole rings is 1. The normalized spacial score (nSPS) is 11.1. The van der Waals surface area contributed by atoms with Crippen molar-refractivity contribution in [3.63, 3.8) is 0 Å². The molecule has 4 aromatic rings. The molecular formula is C21H17N3OS. The highest BCUT2D eigenvalue weighted by molar-refractivity contribution is 7.10. The number of methoxy groups -OCH3 is 1. The van der Waals surface area contributed by atoms with Gasteiger partial charge < -0.3 is 9.30 Å². The summed E-state index contributed by atoms with van der Waals surface area (Å²) in [6.45, 7) is 0. The molecule has 26 heavy (non-hydrogen) atoms. The number of benzene rings is 2. The van der Waals surface area contributed by atoms with Gasteiger partial charge >= 0.3 is 0 Å². The van der Waals surface area contributed by atoms with E-state index in [9.17, 15) is 0 Å². The summed E-state index contributed by atoms with van der Waals surface area (Å²) in [7, 11) is 1.67. The number of aromatic nitrogens is 3. The van der Waals surface area contributed by atoms with E-state index >= 15 is 0 Å². The first-order valence-corrected chi connectivity index (χ1v) is 9.06. The Morgan fingerprint density at radius 2 is 1.81 bits per heavy atom. The van der Waals surface area contributed by atoms with Gasteiger partial charge in [-0.1, -0.05) is 18.2 Å². The van der Waals surface area contributed by atoms with Crippen LogP contribution < -0.4 is 4.74 Å². The minimum Gasteiger partial charge on any atom is -0.497 e. The molecule has 0 fully saturated rings. The van der Waals surface area contributed by atoms with Crippen molar-refractivity contribution in [2.45, 2.75) is 0 Å². The molecule has 0 N–H and O–H groups in total. The Kier molecular flexibility index (Phi) is 4.62. The van der Waals surface area contributed by atoms with Crippen LogP contribution in [-0.4, -0.2) is 21.6 Å². The highest BCUT2D eigenvalue weighted by Crippen LogP contribution is 2.25. The van der Waals surface area contributed by atoms with Crippen LogP contribution in [-0.2, 0) is 0 Å². The third kappa shape index (κ3) is 3.58. The van der Waals surface area contributed by atoms with Crippen molar-refractivity contribution >= 4 is 23.5 Å². The Hall–Kier alpha value is -3.18. The van der Waals surface area contributed by atoms with Crippen LogP contribution in [0.2, 0.25) is 0 Å². The summed E-state index contributed by atoms with van der Waals surface area (Å²) in [4.78, 5) is 8.76. The van der Waals surface area contributed by atoms with Gasteiger partial charge in [0.25, 0.3) is 0 Å². The van der Waals surface area contributed by atoms with Gasteiger partial charge in [-0.05, 0) is 48.0 Å². The van der Waals surface area contributed by atoms with Crippen LogP contribution >= 0.6 is 11.3 Å². The number of rotatable bonds is 5. The van der Waals surface area contributed by atoms with E-state index in [-0.39, 0.29) is 0 Å². The minimum atomic E-state index is 0.850. The van der Waals surface area contributed by atoms with Crippen LogP contribution in [0.5, 0.6) is 5.75 Å². The Balaban J connectivity index is 1.48. The quantitative estimate of drug-likeness (QED) is 0.493. The first kappa shape index (κ1) is 16.3. The van der Waals surface area contributed by atoms with Gasteiger partial charge in [0.15, 0.2) is 0 Å². The molecule has 0 bridgehead atoms. The zero-order valence-electron chi connectivity index (χ0n) is 14.2. The Morgan fingerprint density at radius 1 is 1.00 bits per heavy atom. The van der Waals surface area contributed by atoms with Crippen LogP contribution in [0.1, 0.15) is 10.6 Å². The van der Waals surface area contributed by atoms with Gasteiger partial charge in [-0.15, -0.1) is 11.3 Å². The van der Waals surface area contributed by atoms with E-state index in [0.717, 1.165) is 33.3 Å². The topological polar surface area (TPSA) is 39.9 Å². The molecule has 0 aliphatic heterocycles. The number of hydrogen-bond acceptors (Lipinski definition) is 4. The van der Waals surface area contributed by atoms with Crippen LogP contribution in [0.4, 0.5) is 0 Å². The monoisotopic (exact) mass is 359 g/mol. The predicted molar refractivity (Wildman–Crippen MR) is 107 cm³/mol. The van der Waals surface area contributed by atoms with E-state index in [1.807, 2.05) is 41.1 Å². The van der Waals surface area contributed by atoms with Crippen LogP contribution in [0.15, 0.2) is 72.6 Å². The molecule has 0 amide bonds. The maximum Gasteiger partial charge on any atom is 0.118 e. The second-order valence-corrected chi connectivity index (χ2v) is 6.58. The van der Waals surface area contributed by atoms with E-state index in [2.05, 4.69) is 45.7 Å². The van der Waals surface area contributed by atoms with E-state index < -0.39 is 0 Å². The third-order valence-corrected chi connectivity index (χ3v) is 4.83. The lowest BCUT2D eigenvalue weighted by molar-refractivity contribution is 0.415. The molecule has 4 nitrogen and oxygen atoms in total. The molecule has 0 saturated heterocycles. The van der Waals surface area contributed by atoms with Crippen molar-refractivity contribution in [2.24, 2.45) is 0 Å². The molecule has 0 saturated carbocycles. The number of hydrogen-bond donors (Lipinski definition) is 0. The molecule has 0 unspecified atom stereocenters. The summed E-state index contributed by atoms with van der Waals surface area (Å²) in [6, 6.07) is 16.3. The molecule has 5 heteroatoms. The lowest BCUT2D eigenvalue weighted by atomic mass is 10.2. The summed E-state index contributed by atoms with van der Waals surface area (Å²) in [5, 5.41) is 3.05. The number of ether oxygens (including phenoxy) is 1. The summed E-state index contributed by atoms with van der Waals surface area (Å²) in [5.41, 5.74) is 4.30. The fraction of sp³-hybridized carbons (Fsp3) is 0.0476. The fourth-order valence-electron chi connectivity index (χ4n) is 2.60. The van der Waals surface area contributed by atoms with Crippen molar-refractivity contribution in [2.75, 3.05) is 7.11 Å². The van der Waals surface area contributed by atoms with Crippen LogP contribution in [0.3, 0.4) is 0 Å². The maximum absolute atomic E-state index is 5.20. The second-order valence-electron chi connectivity index (χ2n) is 5.69. The average Bonchev–Trinajstić information content (AvgIpc) is 3.39. The third-order valence-electron chi connectivity index (χ3n) is 4.02. The van der Waals surface area contributed by atoms with E-state index in [1.54, 1.807) is 31.0 Å². The van der Waals surface area contributed by atoms with Gasteiger partial charge in [-0.3, -0.25) is 0 Å². The van der Waals surface area contributed by atoms with Crippen molar-refractivity contribution in [1.82, 2.24) is 14.5 Å².